The van der Waals surface area contributed by atoms with Gasteiger partial charge >= 0.3 is 12.3 Å². The molecule has 0 saturated carbocycles. The Hall–Kier alpha value is -0.900. The predicted octanol–water partition coefficient (Wildman–Crippen LogP) is 2.22. The van der Waals surface area contributed by atoms with Gasteiger partial charge < -0.3 is 0 Å². The fraction of sp³-hybridized carbons (Fsp3) is 0.750. The van der Waals surface area contributed by atoms with Gasteiger partial charge in [-0.05, 0) is 5.92 Å². The molecule has 1 aromatic heterocycles. The van der Waals surface area contributed by atoms with Gasteiger partial charge in [-0.3, -0.25) is 4.57 Å². The molecule has 11 heteroatoms. The second-order valence-corrected chi connectivity index (χ2v) is 6.63. The zero-order valence-corrected chi connectivity index (χ0v) is 11.4. The molecule has 0 aliphatic heterocycles. The third kappa shape index (κ3) is 3.35. The van der Waals surface area contributed by atoms with E-state index in [1.165, 1.54) is 0 Å². The van der Waals surface area contributed by atoms with Gasteiger partial charge in [0.05, 0.1) is 0 Å². The molecule has 19 heavy (non-hydrogen) atoms. The molecule has 1 rings (SSSR count). The predicted molar refractivity (Wildman–Crippen MR) is 57.8 cm³/mol. The highest BCUT2D eigenvalue weighted by atomic mass is 35.7. The fourth-order valence-electron chi connectivity index (χ4n) is 1.34. The standard InChI is InChI=1S/C8H10ClF4N3O2S/c1-4(2)3-16-6(8(12,13)5(10)11)14-15-7(16)19(9,17)18/h4-5H,3H2,1-2H3. The minimum Gasteiger partial charge on any atom is -0.295 e. The third-order valence-electron chi connectivity index (χ3n) is 2.05. The molecule has 110 valence electrons. The summed E-state index contributed by atoms with van der Waals surface area (Å²) in [5, 5.41) is 4.84. The topological polar surface area (TPSA) is 64.8 Å². The van der Waals surface area contributed by atoms with Crippen LogP contribution in [0.5, 0.6) is 0 Å². The number of rotatable bonds is 5. The van der Waals surface area contributed by atoms with Gasteiger partial charge in [-0.25, -0.2) is 17.2 Å². The van der Waals surface area contributed by atoms with E-state index in [1.807, 2.05) is 0 Å². The van der Waals surface area contributed by atoms with Crippen molar-refractivity contribution in [3.63, 3.8) is 0 Å². The van der Waals surface area contributed by atoms with E-state index in [9.17, 15) is 26.0 Å². The van der Waals surface area contributed by atoms with Gasteiger partial charge in [-0.2, -0.15) is 8.78 Å². The van der Waals surface area contributed by atoms with Crippen molar-refractivity contribution < 1.29 is 26.0 Å². The Morgan fingerprint density at radius 3 is 2.21 bits per heavy atom. The fourth-order valence-corrected chi connectivity index (χ4v) is 2.25. The number of alkyl halides is 4. The van der Waals surface area contributed by atoms with E-state index in [2.05, 4.69) is 10.2 Å². The summed E-state index contributed by atoms with van der Waals surface area (Å²) in [4.78, 5) is 0. The molecule has 0 N–H and O–H groups in total. The first-order chi connectivity index (χ1) is 8.48. The molecule has 0 aliphatic rings. The van der Waals surface area contributed by atoms with Crippen LogP contribution in [0.2, 0.25) is 0 Å². The van der Waals surface area contributed by atoms with Gasteiger partial charge in [0, 0.05) is 17.2 Å². The lowest BCUT2D eigenvalue weighted by Gasteiger charge is -2.17. The molecule has 1 aromatic rings. The van der Waals surface area contributed by atoms with Crippen molar-refractivity contribution in [1.29, 1.82) is 0 Å². The lowest BCUT2D eigenvalue weighted by molar-refractivity contribution is -0.143. The molecule has 0 amide bonds. The van der Waals surface area contributed by atoms with Crippen LogP contribution in [0.1, 0.15) is 19.7 Å². The van der Waals surface area contributed by atoms with Crippen molar-refractivity contribution in [2.24, 2.45) is 5.92 Å². The van der Waals surface area contributed by atoms with Gasteiger partial charge in [-0.15, -0.1) is 10.2 Å². The molecule has 0 aliphatic carbocycles. The highest BCUT2D eigenvalue weighted by Crippen LogP contribution is 2.34. The first-order valence-corrected chi connectivity index (χ1v) is 7.33. The molecule has 0 unspecified atom stereocenters. The molecule has 0 saturated heterocycles. The normalized spacial score (nSPS) is 13.5. The average molecular weight is 324 g/mol. The van der Waals surface area contributed by atoms with Crippen LogP contribution >= 0.6 is 10.7 Å². The van der Waals surface area contributed by atoms with Crippen molar-refractivity contribution in [3.05, 3.63) is 5.82 Å². The molecule has 0 aromatic carbocycles. The maximum absolute atomic E-state index is 13.3. The minimum absolute atomic E-state index is 0.286. The highest BCUT2D eigenvalue weighted by Gasteiger charge is 2.48. The summed E-state index contributed by atoms with van der Waals surface area (Å²) in [5.41, 5.74) is 0. The number of aromatic nitrogens is 3. The van der Waals surface area contributed by atoms with E-state index < -0.39 is 32.4 Å². The number of halogens is 5. The quantitative estimate of drug-likeness (QED) is 0.615. The average Bonchev–Trinajstić information content (AvgIpc) is 2.59. The van der Waals surface area contributed by atoms with Crippen LogP contribution in [0, 0.1) is 5.92 Å². The molecule has 5 nitrogen and oxygen atoms in total. The van der Waals surface area contributed by atoms with E-state index in [0.29, 0.717) is 4.57 Å². The minimum atomic E-state index is -4.61. The smallest absolute Gasteiger partial charge is 0.295 e. The summed E-state index contributed by atoms with van der Waals surface area (Å²) in [6.07, 6.45) is -4.03. The number of hydrogen-bond acceptors (Lipinski definition) is 4. The van der Waals surface area contributed by atoms with Gasteiger partial charge in [0.2, 0.25) is 5.82 Å². The van der Waals surface area contributed by atoms with Crippen LogP contribution in [-0.4, -0.2) is 29.6 Å². The van der Waals surface area contributed by atoms with Gasteiger partial charge in [-0.1, -0.05) is 13.8 Å². The zero-order valence-electron chi connectivity index (χ0n) is 9.82. The Morgan fingerprint density at radius 2 is 1.84 bits per heavy atom. The van der Waals surface area contributed by atoms with E-state index in [1.54, 1.807) is 13.8 Å². The van der Waals surface area contributed by atoms with E-state index >= 15 is 0 Å². The largest absolute Gasteiger partial charge is 0.365 e. The molecule has 0 fully saturated rings. The number of hydrogen-bond donors (Lipinski definition) is 0. The van der Waals surface area contributed by atoms with Crippen LogP contribution in [0.4, 0.5) is 17.6 Å². The Labute approximate surface area is 111 Å². The molecule has 0 bridgehead atoms. The van der Waals surface area contributed by atoms with Crippen LogP contribution in [-0.2, 0) is 21.5 Å². The van der Waals surface area contributed by atoms with Crippen molar-refractivity contribution >= 4 is 19.7 Å². The zero-order chi connectivity index (χ0) is 15.0. The molecular formula is C8H10ClF4N3O2S. The second kappa shape index (κ2) is 5.23. The second-order valence-electron chi connectivity index (χ2n) is 4.17. The van der Waals surface area contributed by atoms with Crippen molar-refractivity contribution in [2.75, 3.05) is 0 Å². The summed E-state index contributed by atoms with van der Waals surface area (Å²) < 4.78 is 73.9. The maximum Gasteiger partial charge on any atom is 0.365 e. The molecular weight excluding hydrogens is 314 g/mol. The van der Waals surface area contributed by atoms with E-state index in [-0.39, 0.29) is 12.5 Å². The first-order valence-electron chi connectivity index (χ1n) is 5.02. The molecule has 1 heterocycles. The maximum atomic E-state index is 13.3. The Balaban J connectivity index is 3.47. The first kappa shape index (κ1) is 16.2. The van der Waals surface area contributed by atoms with E-state index in [4.69, 9.17) is 10.7 Å². The molecule has 0 radical (unpaired) electrons. The van der Waals surface area contributed by atoms with Gasteiger partial charge in [0.15, 0.2) is 0 Å². The summed E-state index contributed by atoms with van der Waals surface area (Å²) in [6, 6.07) is 0. The summed E-state index contributed by atoms with van der Waals surface area (Å²) >= 11 is 0. The summed E-state index contributed by atoms with van der Waals surface area (Å²) in [6.45, 7) is 2.87. The lowest BCUT2D eigenvalue weighted by Crippen LogP contribution is -2.29. The van der Waals surface area contributed by atoms with Crippen molar-refractivity contribution in [1.82, 2.24) is 14.8 Å². The Morgan fingerprint density at radius 1 is 1.32 bits per heavy atom. The summed E-state index contributed by atoms with van der Waals surface area (Å²) in [7, 11) is 0.546. The van der Waals surface area contributed by atoms with Gasteiger partial charge in [0.25, 0.3) is 14.2 Å². The van der Waals surface area contributed by atoms with Gasteiger partial charge in [0.1, 0.15) is 0 Å². The Kier molecular flexibility index (Phi) is 4.45. The van der Waals surface area contributed by atoms with Crippen molar-refractivity contribution in [3.8, 4) is 0 Å². The third-order valence-corrected chi connectivity index (χ3v) is 3.21. The Bertz CT molecular complexity index is 558. The van der Waals surface area contributed by atoms with Crippen LogP contribution < -0.4 is 0 Å². The van der Waals surface area contributed by atoms with Crippen LogP contribution in [0.3, 0.4) is 0 Å². The van der Waals surface area contributed by atoms with E-state index in [0.717, 1.165) is 0 Å². The van der Waals surface area contributed by atoms with Crippen LogP contribution in [0.15, 0.2) is 5.16 Å². The molecule has 0 atom stereocenters. The SMILES string of the molecule is CC(C)Cn1c(C(F)(F)C(F)F)nnc1S(=O)(=O)Cl. The monoisotopic (exact) mass is 323 g/mol. The number of nitrogens with zero attached hydrogens (tertiary/aromatic N) is 3. The lowest BCUT2D eigenvalue weighted by atomic mass is 10.2. The molecule has 0 spiro atoms. The van der Waals surface area contributed by atoms with Crippen molar-refractivity contribution in [2.45, 2.75) is 37.9 Å². The van der Waals surface area contributed by atoms with Crippen LogP contribution in [0.25, 0.3) is 0 Å². The highest BCUT2D eigenvalue weighted by molar-refractivity contribution is 8.13. The summed E-state index contributed by atoms with van der Waals surface area (Å²) in [5.74, 6) is -6.34.